The van der Waals surface area contributed by atoms with Gasteiger partial charge in [-0.3, -0.25) is 20.0 Å². The fourth-order valence-electron chi connectivity index (χ4n) is 11.9. The number of rotatable bonds is 0. The van der Waals surface area contributed by atoms with Crippen LogP contribution in [0, 0.1) is 32.5 Å². The molecule has 0 saturated heterocycles. The Balaban J connectivity index is 0. The van der Waals surface area contributed by atoms with Gasteiger partial charge in [-0.15, -0.1) is 56.7 Å². The van der Waals surface area contributed by atoms with E-state index in [1.165, 1.54) is 75.6 Å². The van der Waals surface area contributed by atoms with Crippen LogP contribution in [0.4, 0.5) is 0 Å². The SMILES string of the molecule is C.C.CC(C)(C)C1=CCC=C1.CC(C)(C)C1=CCC=C1.CC(C)(C)C1=CCC=N1.CC(C)(C)C1=NCC=C1.CC(C)(C)C1=NCC=C1.CC(C)(C)C1=NCC=N1.CC(C)(C)c1ccco1.CC(C)(C)c1ccco1.CC(C)(C)c1cccs1.CC(C)(C)c1cccs1.CC(C)(C)c1cccs1.CC(C)(C)c1ccoc1.CC(C)(C)c1ccsc1.CC(C)(C)c1nccs1.CC(C)(C)c1nccs1.CC(C)(C)c1ncns1. The van der Waals surface area contributed by atoms with Crippen LogP contribution in [0.15, 0.2) is 276 Å². The summed E-state index contributed by atoms with van der Waals surface area (Å²) in [4.78, 5) is 38.1. The highest BCUT2D eigenvalue weighted by atomic mass is 32.1. The van der Waals surface area contributed by atoms with Gasteiger partial charge in [-0.25, -0.2) is 19.9 Å². The van der Waals surface area contributed by atoms with E-state index in [0.717, 1.165) is 61.3 Å². The van der Waals surface area contributed by atoms with Crippen molar-refractivity contribution >= 4 is 109 Å². The summed E-state index contributed by atoms with van der Waals surface area (Å²) in [6.45, 7) is 108. The number of allylic oxidation sites excluding steroid dienone is 12. The molecule has 0 unspecified atom stereocenters. The molecular formula is C127H203N9O3S7. The number of hydrogen-bond donors (Lipinski definition) is 0. The molecule has 0 fully saturated rings. The summed E-state index contributed by atoms with van der Waals surface area (Å²) in [5.74, 6) is 3.06. The summed E-state index contributed by atoms with van der Waals surface area (Å²) in [5, 5.41) is 18.3. The zero-order valence-electron chi connectivity index (χ0n) is 98.9. The number of nitrogens with zero attached hydrogens (tertiary/aromatic N) is 9. The van der Waals surface area contributed by atoms with Crippen LogP contribution in [0.25, 0.3) is 0 Å². The number of aliphatic imine (C=N–C) groups is 5. The highest BCUT2D eigenvalue weighted by Gasteiger charge is 2.26. The van der Waals surface area contributed by atoms with Crippen LogP contribution < -0.4 is 0 Å². The second-order valence-electron chi connectivity index (χ2n) is 52.3. The van der Waals surface area contributed by atoms with Crippen LogP contribution >= 0.6 is 79.6 Å². The van der Waals surface area contributed by atoms with Gasteiger partial charge >= 0.3 is 0 Å². The second kappa shape index (κ2) is 63.3. The Morgan fingerprint density at radius 3 is 0.822 bits per heavy atom. The minimum Gasteiger partial charge on any atom is -0.472 e. The molecule has 0 amide bonds. The summed E-state index contributed by atoms with van der Waals surface area (Å²) in [6, 6.07) is 24.9. The second-order valence-corrected chi connectivity index (χ2v) is 58.5. The molecule has 16 rings (SSSR count). The van der Waals surface area contributed by atoms with Crippen LogP contribution in [0.2, 0.25) is 0 Å². The molecule has 2 aliphatic carbocycles. The van der Waals surface area contributed by atoms with Crippen LogP contribution in [-0.4, -0.2) is 68.6 Å². The number of hydrogen-bond acceptors (Lipinski definition) is 19. The normalized spacial score (nSPS) is 14.1. The van der Waals surface area contributed by atoms with Crippen molar-refractivity contribution in [2.45, 2.75) is 421 Å². The van der Waals surface area contributed by atoms with Crippen molar-refractivity contribution in [3.63, 3.8) is 0 Å². The molecule has 12 nitrogen and oxygen atoms in total. The van der Waals surface area contributed by atoms with E-state index >= 15 is 0 Å². The minimum atomic E-state index is 0. The Bertz CT molecular complexity index is 4340. The standard InChI is InChI=1S/2C9H14.3C8H13N.3C8H12O.4C8H12S.C7H12N2.2C7H11NS.C6H10N2S.2CH4/c2*1-9(2,3)8-6-4-5-7-8;3*1-8(2,3)7-5-4-6-9-7;1-8(2,3)7-4-5-9-6-7;2*1-8(2,3)7-5-4-6-9-7;1-8(2,3)7-4-5-9-6-7;3*1-8(2,3)7-5-4-6-9-7;3*1-7(2,3)6-8-4-5-9-6;1-6(2,3)5-7-4-8-9-5;;/h2*4,6-7H,5H2,1-3H3;5-6H,4H2,1-3H3;2*4-5H,6H2,1-3H3;7*4-6H,1-3H3;4H,5H2,1-3H3;2*4-5H,1-3H3;4H,1-3H3;2*1H4. The summed E-state index contributed by atoms with van der Waals surface area (Å²) in [7, 11) is 0. The van der Waals surface area contributed by atoms with Gasteiger partial charge in [0.05, 0.1) is 54.7 Å². The minimum absolute atomic E-state index is 0. The van der Waals surface area contributed by atoms with Gasteiger partial charge in [0.2, 0.25) is 0 Å². The van der Waals surface area contributed by atoms with E-state index in [4.69, 9.17) is 13.3 Å². The molecule has 14 heterocycles. The monoisotopic (exact) mass is 2130 g/mol. The molecule has 0 aromatic carbocycles. The van der Waals surface area contributed by atoms with Gasteiger partial charge < -0.3 is 13.3 Å². The van der Waals surface area contributed by atoms with Crippen molar-refractivity contribution in [1.82, 2.24) is 19.3 Å². The molecule has 0 atom stereocenters. The Labute approximate surface area is 922 Å². The lowest BCUT2D eigenvalue weighted by molar-refractivity contribution is 0.409. The molecule has 146 heavy (non-hydrogen) atoms. The Morgan fingerprint density at radius 1 is 0.288 bits per heavy atom. The predicted molar refractivity (Wildman–Crippen MR) is 663 cm³/mol. The quantitative estimate of drug-likeness (QED) is 0.146. The van der Waals surface area contributed by atoms with Gasteiger partial charge in [0.1, 0.15) is 28.7 Å². The molecule has 10 aromatic rings. The topological polar surface area (TPSA) is 153 Å². The van der Waals surface area contributed by atoms with Crippen LogP contribution in [0.3, 0.4) is 0 Å². The summed E-state index contributed by atoms with van der Waals surface area (Å²) in [6.07, 6.45) is 43.4. The molecular weight excluding hydrogens is 1920 g/mol. The Morgan fingerprint density at radius 2 is 0.685 bits per heavy atom. The lowest BCUT2D eigenvalue weighted by Crippen LogP contribution is -2.16. The first kappa shape index (κ1) is 140. The number of furan rings is 3. The molecule has 0 saturated carbocycles. The molecule has 4 aliphatic heterocycles. The van der Waals surface area contributed by atoms with E-state index in [1.54, 1.807) is 65.4 Å². The van der Waals surface area contributed by atoms with Crippen LogP contribution in [0.5, 0.6) is 0 Å². The van der Waals surface area contributed by atoms with Crippen molar-refractivity contribution in [2.24, 2.45) is 57.5 Å². The lowest BCUT2D eigenvalue weighted by atomic mass is 9.87. The molecule has 0 spiro atoms. The van der Waals surface area contributed by atoms with E-state index < -0.39 is 0 Å². The summed E-state index contributed by atoms with van der Waals surface area (Å²) in [5.41, 5.74) is 13.4. The van der Waals surface area contributed by atoms with Gasteiger partial charge in [0.15, 0.2) is 0 Å². The fraction of sp³-hybridized carbons (Fsp3) is 0.567. The fourth-order valence-corrected chi connectivity index (χ4v) is 17.3. The summed E-state index contributed by atoms with van der Waals surface area (Å²) < 4.78 is 19.3. The molecule has 0 bridgehead atoms. The van der Waals surface area contributed by atoms with Crippen molar-refractivity contribution in [3.05, 3.63) is 290 Å². The predicted octanol–water partition coefficient (Wildman–Crippen LogP) is 41.7. The van der Waals surface area contributed by atoms with Crippen molar-refractivity contribution in [1.29, 1.82) is 0 Å². The van der Waals surface area contributed by atoms with Gasteiger partial charge in [-0.2, -0.15) is 15.7 Å². The number of thiophene rings is 4. The Kier molecular flexibility index (Phi) is 60.7. The Hall–Kier alpha value is -8.01. The molecule has 0 radical (unpaired) electrons. The first-order valence-electron chi connectivity index (χ1n) is 51.0. The highest BCUT2D eigenvalue weighted by Crippen LogP contribution is 2.36. The van der Waals surface area contributed by atoms with E-state index in [-0.39, 0.29) is 69.0 Å². The lowest BCUT2D eigenvalue weighted by Gasteiger charge is -2.18. The molecule has 0 N–H and O–H groups in total. The molecule has 10 aromatic heterocycles. The largest absolute Gasteiger partial charge is 0.472 e. The van der Waals surface area contributed by atoms with E-state index in [9.17, 15) is 0 Å². The van der Waals surface area contributed by atoms with Gasteiger partial charge in [-0.1, -0.05) is 420 Å². The van der Waals surface area contributed by atoms with Gasteiger partial charge in [-0.05, 0) is 178 Å². The maximum absolute atomic E-state index is 5.20. The van der Waals surface area contributed by atoms with Crippen molar-refractivity contribution in [2.75, 3.05) is 19.6 Å². The number of aromatic nitrogens is 4. The van der Waals surface area contributed by atoms with E-state index in [1.807, 2.05) is 99.9 Å². The third-order valence-corrected chi connectivity index (χ3v) is 29.0. The van der Waals surface area contributed by atoms with Crippen molar-refractivity contribution in [3.8, 4) is 0 Å². The maximum Gasteiger partial charge on any atom is 0.129 e. The maximum atomic E-state index is 5.20. The zero-order chi connectivity index (χ0) is 110. The number of amidine groups is 1. The van der Waals surface area contributed by atoms with E-state index in [2.05, 4.69) is 513 Å². The van der Waals surface area contributed by atoms with Crippen molar-refractivity contribution < 1.29 is 13.3 Å². The van der Waals surface area contributed by atoms with Crippen LogP contribution in [-0.2, 0) is 54.1 Å². The molecule has 816 valence electrons. The first-order chi connectivity index (χ1) is 65.7. The first-order valence-corrected chi connectivity index (χ1v) is 57.1. The molecule has 6 aliphatic rings. The highest BCUT2D eigenvalue weighted by molar-refractivity contribution is 7.11. The molecule has 19 heteroatoms. The smallest absolute Gasteiger partial charge is 0.129 e. The van der Waals surface area contributed by atoms with Crippen LogP contribution in [0.1, 0.15) is 419 Å². The van der Waals surface area contributed by atoms with Gasteiger partial charge in [0, 0.05) is 122 Å². The zero-order valence-corrected chi connectivity index (χ0v) is 105. The number of thiazole rings is 2. The summed E-state index contributed by atoms with van der Waals surface area (Å²) >= 11 is 12.2. The van der Waals surface area contributed by atoms with E-state index in [0.29, 0.717) is 32.5 Å². The third-order valence-electron chi connectivity index (χ3n) is 20.9. The average molecular weight is 2130 g/mol. The third kappa shape index (κ3) is 62.0. The van der Waals surface area contributed by atoms with Gasteiger partial charge in [0.25, 0.3) is 0 Å². The average Bonchev–Trinajstić information content (AvgIpc) is 1.88.